The number of rotatable bonds is 6. The molecule has 0 aromatic carbocycles. The highest BCUT2D eigenvalue weighted by Crippen LogP contribution is 2.30. The van der Waals surface area contributed by atoms with Crippen molar-refractivity contribution < 1.29 is 28.8 Å². The van der Waals surface area contributed by atoms with E-state index in [1.807, 2.05) is 27.7 Å². The predicted molar refractivity (Wildman–Crippen MR) is 90.6 cm³/mol. The summed E-state index contributed by atoms with van der Waals surface area (Å²) in [4.78, 5) is 10.6. The molecule has 0 aromatic heterocycles. The Hall–Kier alpha value is -0.530. The van der Waals surface area contributed by atoms with Gasteiger partial charge in [-0.2, -0.15) is 0 Å². The molecule has 2 aliphatic heterocycles. The van der Waals surface area contributed by atoms with E-state index in [1.54, 1.807) is 0 Å². The van der Waals surface area contributed by atoms with E-state index in [0.717, 1.165) is 32.0 Å². The average molecular weight is 346 g/mol. The van der Waals surface area contributed by atoms with Crippen molar-refractivity contribution in [1.29, 1.82) is 0 Å². The molecule has 6 heteroatoms. The number of hydrogen-bond acceptors (Lipinski definition) is 6. The van der Waals surface area contributed by atoms with Gasteiger partial charge in [0.2, 0.25) is 0 Å². The van der Waals surface area contributed by atoms with Crippen molar-refractivity contribution in [2.45, 2.75) is 103 Å². The van der Waals surface area contributed by atoms with Crippen molar-refractivity contribution >= 4 is 6.29 Å². The van der Waals surface area contributed by atoms with Crippen LogP contribution in [0.4, 0.5) is 0 Å². The minimum Gasteiger partial charge on any atom is -0.394 e. The third kappa shape index (κ3) is 6.41. The van der Waals surface area contributed by atoms with E-state index in [9.17, 15) is 4.79 Å². The number of carbonyl (C=O) groups excluding carboxylic acids is 1. The highest BCUT2D eigenvalue weighted by Gasteiger charge is 2.41. The molecule has 0 radical (unpaired) electrons. The van der Waals surface area contributed by atoms with Crippen LogP contribution in [0.1, 0.15) is 67.2 Å². The smallest absolute Gasteiger partial charge is 0.164 e. The Bertz CT molecular complexity index is 382. The van der Waals surface area contributed by atoms with Crippen molar-refractivity contribution in [3.8, 4) is 0 Å². The average Bonchev–Trinajstić information content (AvgIpc) is 2.95. The summed E-state index contributed by atoms with van der Waals surface area (Å²) in [5, 5.41) is 8.99. The number of aldehydes is 1. The lowest BCUT2D eigenvalue weighted by Crippen LogP contribution is -2.25. The Morgan fingerprint density at radius 1 is 0.833 bits per heavy atom. The zero-order valence-corrected chi connectivity index (χ0v) is 15.9. The molecule has 4 atom stereocenters. The van der Waals surface area contributed by atoms with Gasteiger partial charge in [-0.3, -0.25) is 0 Å². The summed E-state index contributed by atoms with van der Waals surface area (Å²) in [5.74, 6) is -1.11. The van der Waals surface area contributed by atoms with Crippen LogP contribution in [-0.4, -0.2) is 54.0 Å². The first-order valence-electron chi connectivity index (χ1n) is 8.95. The standard InChI is InChI=1S/C9H18O3.C9H16O3/c2*1-4-5-7-8(6-10)12-9(2,3)11-7/h7-8,10H,4-6H2,1-3H3;6-8H,4-5H2,1-3H3/t2*7?,8-/m11/s1. The van der Waals surface area contributed by atoms with Gasteiger partial charge in [-0.1, -0.05) is 26.7 Å². The summed E-state index contributed by atoms with van der Waals surface area (Å²) < 4.78 is 22.0. The fraction of sp³-hybridized carbons (Fsp3) is 0.944. The van der Waals surface area contributed by atoms with Crippen LogP contribution in [0, 0.1) is 0 Å². The molecule has 0 spiro atoms. The largest absolute Gasteiger partial charge is 0.394 e. The van der Waals surface area contributed by atoms with Gasteiger partial charge in [0, 0.05) is 0 Å². The summed E-state index contributed by atoms with van der Waals surface area (Å²) in [5.41, 5.74) is 0. The van der Waals surface area contributed by atoms with Crippen LogP contribution in [0.25, 0.3) is 0 Å². The molecule has 2 saturated heterocycles. The zero-order chi connectivity index (χ0) is 18.4. The van der Waals surface area contributed by atoms with Crippen LogP contribution in [0.3, 0.4) is 0 Å². The third-order valence-electron chi connectivity index (χ3n) is 3.97. The normalized spacial score (nSPS) is 33.8. The van der Waals surface area contributed by atoms with Crippen molar-refractivity contribution in [3.05, 3.63) is 0 Å². The summed E-state index contributed by atoms with van der Waals surface area (Å²) in [6.45, 7) is 11.6. The molecule has 1 N–H and O–H groups in total. The number of ether oxygens (including phenoxy) is 4. The lowest BCUT2D eigenvalue weighted by molar-refractivity contribution is -0.150. The van der Waals surface area contributed by atoms with Crippen LogP contribution < -0.4 is 0 Å². The fourth-order valence-electron chi connectivity index (χ4n) is 3.08. The van der Waals surface area contributed by atoms with E-state index < -0.39 is 11.6 Å². The van der Waals surface area contributed by atoms with Gasteiger partial charge in [0.25, 0.3) is 0 Å². The highest BCUT2D eigenvalue weighted by molar-refractivity contribution is 5.57. The van der Waals surface area contributed by atoms with E-state index >= 15 is 0 Å². The third-order valence-corrected chi connectivity index (χ3v) is 3.97. The molecule has 24 heavy (non-hydrogen) atoms. The quantitative estimate of drug-likeness (QED) is 0.746. The second-order valence-corrected chi connectivity index (χ2v) is 7.25. The summed E-state index contributed by atoms with van der Waals surface area (Å²) in [6, 6.07) is 0. The monoisotopic (exact) mass is 346 g/mol. The van der Waals surface area contributed by atoms with Gasteiger partial charge in [-0.15, -0.1) is 0 Å². The second kappa shape index (κ2) is 9.25. The first kappa shape index (κ1) is 21.5. The fourth-order valence-corrected chi connectivity index (χ4v) is 3.08. The Labute approximate surface area is 145 Å². The molecule has 2 heterocycles. The maximum atomic E-state index is 10.6. The lowest BCUT2D eigenvalue weighted by atomic mass is 10.1. The van der Waals surface area contributed by atoms with E-state index in [1.165, 1.54) is 0 Å². The number of carbonyl (C=O) groups is 1. The first-order valence-corrected chi connectivity index (χ1v) is 8.95. The topological polar surface area (TPSA) is 74.2 Å². The molecule has 0 aliphatic carbocycles. The van der Waals surface area contributed by atoms with Crippen LogP contribution >= 0.6 is 0 Å². The van der Waals surface area contributed by atoms with Gasteiger partial charge < -0.3 is 28.8 Å². The SMILES string of the molecule is CCCC1OC(C)(C)O[C@@H]1C=O.CCCC1OC(C)(C)O[C@@H]1CO. The summed E-state index contributed by atoms with van der Waals surface area (Å²) in [7, 11) is 0. The van der Waals surface area contributed by atoms with Crippen molar-refractivity contribution in [1.82, 2.24) is 0 Å². The van der Waals surface area contributed by atoms with E-state index in [0.29, 0.717) is 0 Å². The molecule has 2 aliphatic rings. The molecular formula is C18H34O6. The molecule has 2 fully saturated rings. The molecule has 0 bridgehead atoms. The molecule has 142 valence electrons. The molecule has 2 rings (SSSR count). The van der Waals surface area contributed by atoms with Gasteiger partial charge >= 0.3 is 0 Å². The summed E-state index contributed by atoms with van der Waals surface area (Å²) >= 11 is 0. The molecule has 6 nitrogen and oxygen atoms in total. The Balaban J connectivity index is 0.000000240. The number of hydrogen-bond donors (Lipinski definition) is 1. The maximum absolute atomic E-state index is 10.6. The van der Waals surface area contributed by atoms with Gasteiger partial charge in [-0.25, -0.2) is 0 Å². The van der Waals surface area contributed by atoms with Gasteiger partial charge in [0.05, 0.1) is 18.8 Å². The minimum atomic E-state index is -0.592. The first-order chi connectivity index (χ1) is 11.2. The number of aliphatic hydroxyl groups excluding tert-OH is 1. The van der Waals surface area contributed by atoms with Gasteiger partial charge in [-0.05, 0) is 40.5 Å². The van der Waals surface area contributed by atoms with E-state index in [4.69, 9.17) is 24.1 Å². The van der Waals surface area contributed by atoms with Crippen molar-refractivity contribution in [2.75, 3.05) is 6.61 Å². The molecule has 0 aromatic rings. The zero-order valence-electron chi connectivity index (χ0n) is 15.9. The number of aliphatic hydroxyl groups is 1. The molecule has 0 amide bonds. The summed E-state index contributed by atoms with van der Waals surface area (Å²) in [6.07, 6.45) is 4.23. The lowest BCUT2D eigenvalue weighted by Gasteiger charge is -2.16. The van der Waals surface area contributed by atoms with Crippen molar-refractivity contribution in [3.63, 3.8) is 0 Å². The van der Waals surface area contributed by atoms with Crippen molar-refractivity contribution in [2.24, 2.45) is 0 Å². The molecular weight excluding hydrogens is 312 g/mol. The molecule has 0 saturated carbocycles. The maximum Gasteiger partial charge on any atom is 0.164 e. The predicted octanol–water partition coefficient (Wildman–Crippen LogP) is 2.80. The minimum absolute atomic E-state index is 0.0497. The Morgan fingerprint density at radius 2 is 1.29 bits per heavy atom. The van der Waals surface area contributed by atoms with E-state index in [2.05, 4.69) is 13.8 Å². The van der Waals surface area contributed by atoms with Crippen LogP contribution in [0.15, 0.2) is 0 Å². The van der Waals surface area contributed by atoms with Crippen LogP contribution in [0.2, 0.25) is 0 Å². The second-order valence-electron chi connectivity index (χ2n) is 7.25. The molecule has 2 unspecified atom stereocenters. The van der Waals surface area contributed by atoms with E-state index in [-0.39, 0.29) is 31.0 Å². The highest BCUT2D eigenvalue weighted by atomic mass is 16.8. The van der Waals surface area contributed by atoms with Crippen LogP contribution in [-0.2, 0) is 23.7 Å². The Morgan fingerprint density at radius 3 is 1.79 bits per heavy atom. The van der Waals surface area contributed by atoms with Gasteiger partial charge in [0.15, 0.2) is 17.9 Å². The Kier molecular flexibility index (Phi) is 8.29. The van der Waals surface area contributed by atoms with Crippen LogP contribution in [0.5, 0.6) is 0 Å². The van der Waals surface area contributed by atoms with Gasteiger partial charge in [0.1, 0.15) is 12.2 Å².